The van der Waals surface area contributed by atoms with Crippen molar-refractivity contribution in [2.24, 2.45) is 9.98 Å². The van der Waals surface area contributed by atoms with Crippen LogP contribution in [-0.2, 0) is 0 Å². The molecule has 2 N–H and O–H groups in total. The molecule has 0 amide bonds. The maximum atomic E-state index is 8.24. The molecule has 0 aromatic heterocycles. The van der Waals surface area contributed by atoms with E-state index in [0.29, 0.717) is 24.8 Å². The molecule has 0 saturated carbocycles. The maximum absolute atomic E-state index is 8.24. The van der Waals surface area contributed by atoms with Crippen LogP contribution in [0.5, 0.6) is 0 Å². The van der Waals surface area contributed by atoms with Gasteiger partial charge in [0, 0.05) is 0 Å². The van der Waals surface area contributed by atoms with E-state index in [1.165, 1.54) is 0 Å². The predicted molar refractivity (Wildman–Crippen MR) is 53.4 cm³/mol. The van der Waals surface area contributed by atoms with Crippen molar-refractivity contribution in [1.82, 2.24) is 10.6 Å². The number of rotatable bonds is 3. The summed E-state index contributed by atoms with van der Waals surface area (Å²) in [6.07, 6.45) is 3.53. The van der Waals surface area contributed by atoms with Crippen LogP contribution < -0.4 is 10.6 Å². The molecule has 0 aromatic rings. The molecule has 6 heteroatoms. The van der Waals surface area contributed by atoms with Crippen molar-refractivity contribution in [1.29, 1.82) is 10.5 Å². The third-order valence-corrected chi connectivity index (χ3v) is 1.27. The van der Waals surface area contributed by atoms with Crippen molar-refractivity contribution in [3.8, 4) is 12.4 Å². The summed E-state index contributed by atoms with van der Waals surface area (Å²) in [5.74, 6) is 1.13. The van der Waals surface area contributed by atoms with Crippen molar-refractivity contribution < 1.29 is 0 Å². The van der Waals surface area contributed by atoms with Crippen LogP contribution in [-0.4, -0.2) is 24.8 Å². The van der Waals surface area contributed by atoms with E-state index in [4.69, 9.17) is 10.5 Å². The van der Waals surface area contributed by atoms with Crippen LogP contribution in [0.2, 0.25) is 0 Å². The van der Waals surface area contributed by atoms with E-state index < -0.39 is 0 Å². The van der Waals surface area contributed by atoms with Gasteiger partial charge < -0.3 is 0 Å². The normalized spacial score (nSPS) is 11.4. The summed E-state index contributed by atoms with van der Waals surface area (Å²) >= 11 is 0. The minimum Gasteiger partial charge on any atom is -0.281 e. The zero-order chi connectivity index (χ0) is 10.8. The molecule has 0 fully saturated rings. The summed E-state index contributed by atoms with van der Waals surface area (Å²) in [6, 6.07) is 0. The third kappa shape index (κ3) is 6.62. The molecule has 0 aliphatic heterocycles. The molecular weight excluding hydrogens is 180 g/mol. The van der Waals surface area contributed by atoms with Crippen molar-refractivity contribution in [3.63, 3.8) is 0 Å². The number of hydrogen-bond acceptors (Lipinski definition) is 4. The summed E-state index contributed by atoms with van der Waals surface area (Å²) in [7, 11) is 0. The van der Waals surface area contributed by atoms with E-state index in [0.717, 1.165) is 0 Å². The second-order valence-electron chi connectivity index (χ2n) is 2.41. The Morgan fingerprint density at radius 3 is 1.64 bits per heavy atom. The molecule has 0 aliphatic carbocycles. The minimum atomic E-state index is 0.491. The number of nitrogens with one attached hydrogen (secondary N) is 2. The molecule has 0 bridgehead atoms. The van der Waals surface area contributed by atoms with Gasteiger partial charge in [0.2, 0.25) is 0 Å². The fourth-order valence-electron chi connectivity index (χ4n) is 0.676. The Kier molecular flexibility index (Phi) is 6.44. The Morgan fingerprint density at radius 2 is 1.36 bits per heavy atom. The average molecular weight is 192 g/mol. The van der Waals surface area contributed by atoms with E-state index in [9.17, 15) is 0 Å². The molecule has 0 atom stereocenters. The maximum Gasteiger partial charge on any atom is 0.182 e. The van der Waals surface area contributed by atoms with Gasteiger partial charge in [0.1, 0.15) is 11.7 Å². The number of aliphatic imine (C=N–C) groups is 2. The monoisotopic (exact) mass is 192 g/mol. The molecule has 74 valence electrons. The highest BCUT2D eigenvalue weighted by molar-refractivity contribution is 5.81. The largest absolute Gasteiger partial charge is 0.281 e. The van der Waals surface area contributed by atoms with E-state index >= 15 is 0 Å². The van der Waals surface area contributed by atoms with Gasteiger partial charge >= 0.3 is 0 Å². The molecule has 0 radical (unpaired) electrons. The summed E-state index contributed by atoms with van der Waals surface area (Å²) in [5, 5.41) is 21.3. The Hall–Kier alpha value is -2.08. The van der Waals surface area contributed by atoms with Crippen molar-refractivity contribution >= 4 is 11.7 Å². The third-order valence-electron chi connectivity index (χ3n) is 1.27. The van der Waals surface area contributed by atoms with Gasteiger partial charge in [-0.25, -0.2) is 0 Å². The first kappa shape index (κ1) is 11.9. The van der Waals surface area contributed by atoms with Gasteiger partial charge in [-0.15, -0.1) is 0 Å². The van der Waals surface area contributed by atoms with Crippen molar-refractivity contribution in [2.75, 3.05) is 13.1 Å². The summed E-state index contributed by atoms with van der Waals surface area (Å²) in [5.41, 5.74) is 0. The zero-order valence-corrected chi connectivity index (χ0v) is 8.20. The van der Waals surface area contributed by atoms with Crippen LogP contribution in [0.4, 0.5) is 0 Å². The lowest BCUT2D eigenvalue weighted by Gasteiger charge is -1.96. The van der Waals surface area contributed by atoms with Gasteiger partial charge in [-0.05, 0) is 13.8 Å². The topological polar surface area (TPSA) is 96.4 Å². The Bertz CT molecular complexity index is 271. The highest BCUT2D eigenvalue weighted by atomic mass is 15.0. The summed E-state index contributed by atoms with van der Waals surface area (Å²) < 4.78 is 0. The molecular formula is C8H12N6. The van der Waals surface area contributed by atoms with E-state index in [1.807, 2.05) is 0 Å². The molecule has 0 aliphatic rings. The number of hydrogen-bond donors (Lipinski definition) is 2. The second kappa shape index (κ2) is 7.56. The second-order valence-corrected chi connectivity index (χ2v) is 2.41. The Labute approximate surface area is 83.0 Å². The lowest BCUT2D eigenvalue weighted by atomic mass is 10.6. The van der Waals surface area contributed by atoms with Gasteiger partial charge in [-0.1, -0.05) is 0 Å². The average Bonchev–Trinajstić information content (AvgIpc) is 2.13. The van der Waals surface area contributed by atoms with E-state index in [-0.39, 0.29) is 0 Å². The lowest BCUT2D eigenvalue weighted by Crippen LogP contribution is -2.16. The van der Waals surface area contributed by atoms with E-state index in [1.54, 1.807) is 26.2 Å². The van der Waals surface area contributed by atoms with Crippen LogP contribution >= 0.6 is 0 Å². The van der Waals surface area contributed by atoms with Gasteiger partial charge in [0.15, 0.2) is 12.4 Å². The zero-order valence-electron chi connectivity index (χ0n) is 8.20. The van der Waals surface area contributed by atoms with Crippen molar-refractivity contribution in [2.45, 2.75) is 13.8 Å². The quantitative estimate of drug-likeness (QED) is 0.216. The Balaban J connectivity index is 3.76. The first-order chi connectivity index (χ1) is 6.70. The molecule has 0 unspecified atom stereocenters. The number of nitrogens with zero attached hydrogens (tertiary/aromatic N) is 4. The highest BCUT2D eigenvalue weighted by Gasteiger charge is 1.88. The van der Waals surface area contributed by atoms with E-state index in [2.05, 4.69) is 20.6 Å². The van der Waals surface area contributed by atoms with Gasteiger partial charge in [0.05, 0.1) is 13.1 Å². The summed E-state index contributed by atoms with van der Waals surface area (Å²) in [6.45, 7) is 4.39. The Morgan fingerprint density at radius 1 is 1.00 bits per heavy atom. The number of amidine groups is 2. The van der Waals surface area contributed by atoms with Crippen LogP contribution in [0.3, 0.4) is 0 Å². The molecule has 0 aromatic carbocycles. The highest BCUT2D eigenvalue weighted by Crippen LogP contribution is 1.78. The standard InChI is InChI=1S/C8H12N6/c1-7(13-5-9)11-3-4-12-8(2)14-6-10/h3-4H2,1-2H3,(H,11,13)(H,12,14). The van der Waals surface area contributed by atoms with Crippen LogP contribution in [0.15, 0.2) is 9.98 Å². The van der Waals surface area contributed by atoms with Gasteiger partial charge in [-0.3, -0.25) is 20.6 Å². The molecule has 14 heavy (non-hydrogen) atoms. The summed E-state index contributed by atoms with van der Waals surface area (Å²) in [4.78, 5) is 8.02. The molecule has 0 spiro atoms. The van der Waals surface area contributed by atoms with Crippen molar-refractivity contribution in [3.05, 3.63) is 0 Å². The molecule has 0 saturated heterocycles. The van der Waals surface area contributed by atoms with Crippen LogP contribution in [0.1, 0.15) is 13.8 Å². The SMILES string of the molecule is CC(=NCCN=C(C)NC#N)NC#N. The van der Waals surface area contributed by atoms with Crippen LogP contribution in [0.25, 0.3) is 0 Å². The first-order valence-electron chi connectivity index (χ1n) is 4.03. The molecule has 6 nitrogen and oxygen atoms in total. The lowest BCUT2D eigenvalue weighted by molar-refractivity contribution is 0.953. The van der Waals surface area contributed by atoms with Crippen LogP contribution in [0, 0.1) is 22.9 Å². The number of nitriles is 2. The molecule has 0 rings (SSSR count). The molecule has 0 heterocycles. The fourth-order valence-corrected chi connectivity index (χ4v) is 0.676. The minimum absolute atomic E-state index is 0.491. The smallest absolute Gasteiger partial charge is 0.182 e. The van der Waals surface area contributed by atoms with Gasteiger partial charge in [0.25, 0.3) is 0 Å². The fraction of sp³-hybridized carbons (Fsp3) is 0.500. The van der Waals surface area contributed by atoms with Gasteiger partial charge in [-0.2, -0.15) is 10.5 Å². The predicted octanol–water partition coefficient (Wildman–Crippen LogP) is -0.0354. The first-order valence-corrected chi connectivity index (χ1v) is 4.03.